The van der Waals surface area contributed by atoms with Crippen LogP contribution in [0.15, 0.2) is 74.4 Å². The van der Waals surface area contributed by atoms with Crippen LogP contribution in [0.5, 0.6) is 5.75 Å². The normalized spacial score (nSPS) is 10.8. The lowest BCUT2D eigenvalue weighted by atomic mass is 10.2. The fourth-order valence-electron chi connectivity index (χ4n) is 2.84. The van der Waals surface area contributed by atoms with E-state index in [1.54, 1.807) is 36.5 Å². The summed E-state index contributed by atoms with van der Waals surface area (Å²) < 4.78 is 21.1. The number of benzene rings is 1. The van der Waals surface area contributed by atoms with Gasteiger partial charge in [-0.05, 0) is 48.5 Å². The number of carbonyl (C=O) groups excluding carboxylic acids is 1. The number of methoxy groups -OCH3 is 1. The summed E-state index contributed by atoms with van der Waals surface area (Å²) >= 11 is 0. The molecule has 0 bridgehead atoms. The number of aromatic nitrogens is 2. The fourth-order valence-corrected chi connectivity index (χ4v) is 2.84. The van der Waals surface area contributed by atoms with Crippen molar-refractivity contribution >= 4 is 5.91 Å². The van der Waals surface area contributed by atoms with Crippen molar-refractivity contribution in [1.82, 2.24) is 15.0 Å². The minimum absolute atomic E-state index is 0.235. The van der Waals surface area contributed by atoms with E-state index < -0.39 is 0 Å². The molecule has 0 atom stereocenters. The second-order valence-electron chi connectivity index (χ2n) is 6.27. The van der Waals surface area contributed by atoms with Gasteiger partial charge in [0.1, 0.15) is 11.5 Å². The number of amides is 1. The highest BCUT2D eigenvalue weighted by Crippen LogP contribution is 2.20. The minimum atomic E-state index is -0.235. The van der Waals surface area contributed by atoms with Gasteiger partial charge in [0.25, 0.3) is 5.91 Å². The van der Waals surface area contributed by atoms with E-state index >= 15 is 0 Å². The van der Waals surface area contributed by atoms with Crippen LogP contribution in [0.3, 0.4) is 0 Å². The summed E-state index contributed by atoms with van der Waals surface area (Å²) in [4.78, 5) is 18.8. The van der Waals surface area contributed by atoms with Gasteiger partial charge in [-0.3, -0.25) is 4.79 Å². The van der Waals surface area contributed by atoms with Crippen molar-refractivity contribution in [2.24, 2.45) is 0 Å². The van der Waals surface area contributed by atoms with Gasteiger partial charge in [0.2, 0.25) is 11.7 Å². The van der Waals surface area contributed by atoms with Crippen LogP contribution in [-0.4, -0.2) is 34.6 Å². The predicted molar refractivity (Wildman–Crippen MR) is 102 cm³/mol. The number of furan rings is 2. The van der Waals surface area contributed by atoms with Crippen LogP contribution in [0.1, 0.15) is 22.2 Å². The molecule has 0 spiro atoms. The van der Waals surface area contributed by atoms with Crippen LogP contribution >= 0.6 is 0 Å². The number of carbonyl (C=O) groups is 1. The van der Waals surface area contributed by atoms with Crippen molar-refractivity contribution in [3.05, 3.63) is 78.5 Å². The van der Waals surface area contributed by atoms with E-state index in [0.29, 0.717) is 37.0 Å². The van der Waals surface area contributed by atoms with E-state index in [0.717, 1.165) is 11.3 Å². The summed E-state index contributed by atoms with van der Waals surface area (Å²) in [6.07, 6.45) is 3.44. The Balaban J connectivity index is 1.45. The molecule has 0 aliphatic heterocycles. The molecule has 3 heterocycles. The van der Waals surface area contributed by atoms with E-state index in [9.17, 15) is 4.79 Å². The number of nitrogens with zero attached hydrogens (tertiary/aromatic N) is 3. The number of hydrogen-bond acceptors (Lipinski definition) is 7. The summed E-state index contributed by atoms with van der Waals surface area (Å²) in [5, 5.41) is 4.02. The molecule has 0 fully saturated rings. The Hall–Kier alpha value is -3.81. The Morgan fingerprint density at radius 2 is 1.86 bits per heavy atom. The average molecular weight is 393 g/mol. The smallest absolute Gasteiger partial charge is 0.289 e. The fraction of sp³-hybridized carbons (Fsp3) is 0.190. The molecule has 4 aromatic rings. The van der Waals surface area contributed by atoms with E-state index in [4.69, 9.17) is 18.1 Å². The lowest BCUT2D eigenvalue weighted by Gasteiger charge is -2.19. The number of hydrogen-bond donors (Lipinski definition) is 0. The second kappa shape index (κ2) is 8.47. The van der Waals surface area contributed by atoms with Crippen molar-refractivity contribution < 1.29 is 22.9 Å². The van der Waals surface area contributed by atoms with Gasteiger partial charge in [-0.15, -0.1) is 0 Å². The Morgan fingerprint density at radius 3 is 2.55 bits per heavy atom. The van der Waals surface area contributed by atoms with E-state index in [1.165, 1.54) is 6.26 Å². The quantitative estimate of drug-likeness (QED) is 0.449. The third-order valence-electron chi connectivity index (χ3n) is 4.36. The van der Waals surface area contributed by atoms with Gasteiger partial charge in [0, 0.05) is 18.5 Å². The molecule has 0 aliphatic carbocycles. The molecule has 0 N–H and O–H groups in total. The Labute approximate surface area is 166 Å². The van der Waals surface area contributed by atoms with Gasteiger partial charge < -0.3 is 23.0 Å². The average Bonchev–Trinajstić information content (AvgIpc) is 3.53. The monoisotopic (exact) mass is 393 g/mol. The highest BCUT2D eigenvalue weighted by Gasteiger charge is 2.21. The zero-order chi connectivity index (χ0) is 20.1. The summed E-state index contributed by atoms with van der Waals surface area (Å²) in [7, 11) is 1.61. The van der Waals surface area contributed by atoms with Crippen molar-refractivity contribution in [2.45, 2.75) is 13.0 Å². The molecule has 0 aliphatic rings. The first kappa shape index (κ1) is 18.5. The summed E-state index contributed by atoms with van der Waals surface area (Å²) in [5.74, 6) is 2.38. The molecule has 3 aromatic heterocycles. The molecule has 0 radical (unpaired) electrons. The van der Waals surface area contributed by atoms with Crippen LogP contribution < -0.4 is 4.74 Å². The van der Waals surface area contributed by atoms with Crippen LogP contribution in [0.2, 0.25) is 0 Å². The maximum Gasteiger partial charge on any atom is 0.289 e. The minimum Gasteiger partial charge on any atom is -0.497 e. The molecule has 8 heteroatoms. The van der Waals surface area contributed by atoms with Crippen molar-refractivity contribution in [3.8, 4) is 17.1 Å². The third kappa shape index (κ3) is 4.37. The predicted octanol–water partition coefficient (Wildman–Crippen LogP) is 3.82. The van der Waals surface area contributed by atoms with Gasteiger partial charge in [0.05, 0.1) is 26.2 Å². The molecule has 1 amide bonds. The SMILES string of the molecule is COc1ccc(-c2noc(CCN(Cc3ccco3)C(=O)c3ccco3)n2)cc1. The maximum atomic E-state index is 12.8. The lowest BCUT2D eigenvalue weighted by Crippen LogP contribution is -2.32. The molecular weight excluding hydrogens is 374 g/mol. The number of rotatable bonds is 8. The summed E-state index contributed by atoms with van der Waals surface area (Å²) in [6, 6.07) is 14.3. The second-order valence-corrected chi connectivity index (χ2v) is 6.27. The molecule has 0 unspecified atom stereocenters. The molecular formula is C21H19N3O5. The highest BCUT2D eigenvalue weighted by molar-refractivity contribution is 5.91. The summed E-state index contributed by atoms with van der Waals surface area (Å²) in [6.45, 7) is 0.677. The van der Waals surface area contributed by atoms with Gasteiger partial charge in [0.15, 0.2) is 5.76 Å². The first-order valence-corrected chi connectivity index (χ1v) is 9.05. The first-order chi connectivity index (χ1) is 14.2. The third-order valence-corrected chi connectivity index (χ3v) is 4.36. The van der Waals surface area contributed by atoms with Gasteiger partial charge in [-0.2, -0.15) is 4.98 Å². The molecule has 148 valence electrons. The zero-order valence-electron chi connectivity index (χ0n) is 15.8. The van der Waals surface area contributed by atoms with E-state index in [1.807, 2.05) is 30.3 Å². The Bertz CT molecular complexity index is 1040. The first-order valence-electron chi connectivity index (χ1n) is 9.05. The standard InChI is InChI=1S/C21H19N3O5/c1-26-16-8-6-15(7-9-16)20-22-19(29-23-20)10-11-24(14-17-4-2-12-27-17)21(25)18-5-3-13-28-18/h2-9,12-13H,10-11,14H2,1H3. The van der Waals surface area contributed by atoms with Gasteiger partial charge >= 0.3 is 0 Å². The topological polar surface area (TPSA) is 94.7 Å². The van der Waals surface area contributed by atoms with Gasteiger partial charge in [-0.25, -0.2) is 0 Å². The van der Waals surface area contributed by atoms with Crippen LogP contribution in [0, 0.1) is 0 Å². The zero-order valence-corrected chi connectivity index (χ0v) is 15.8. The largest absolute Gasteiger partial charge is 0.497 e. The molecule has 0 saturated carbocycles. The molecule has 8 nitrogen and oxygen atoms in total. The van der Waals surface area contributed by atoms with Crippen LogP contribution in [-0.2, 0) is 13.0 Å². The summed E-state index contributed by atoms with van der Waals surface area (Å²) in [5.41, 5.74) is 0.819. The van der Waals surface area contributed by atoms with Crippen LogP contribution in [0.25, 0.3) is 11.4 Å². The molecule has 29 heavy (non-hydrogen) atoms. The lowest BCUT2D eigenvalue weighted by molar-refractivity contribution is 0.0697. The number of ether oxygens (including phenoxy) is 1. The highest BCUT2D eigenvalue weighted by atomic mass is 16.5. The van der Waals surface area contributed by atoms with E-state index in [-0.39, 0.29) is 11.7 Å². The van der Waals surface area contributed by atoms with E-state index in [2.05, 4.69) is 10.1 Å². The van der Waals surface area contributed by atoms with Gasteiger partial charge in [-0.1, -0.05) is 5.16 Å². The molecule has 0 saturated heterocycles. The van der Waals surface area contributed by atoms with Crippen molar-refractivity contribution in [1.29, 1.82) is 0 Å². The maximum absolute atomic E-state index is 12.8. The van der Waals surface area contributed by atoms with Crippen LogP contribution in [0.4, 0.5) is 0 Å². The Morgan fingerprint density at radius 1 is 1.07 bits per heavy atom. The Kier molecular flexibility index (Phi) is 5.42. The molecule has 1 aromatic carbocycles. The molecule has 4 rings (SSSR count). The van der Waals surface area contributed by atoms with Crippen molar-refractivity contribution in [2.75, 3.05) is 13.7 Å². The van der Waals surface area contributed by atoms with Crippen molar-refractivity contribution in [3.63, 3.8) is 0 Å².